The molecule has 1 fully saturated rings. The van der Waals surface area contributed by atoms with Crippen molar-refractivity contribution in [2.75, 3.05) is 31.1 Å². The standard InChI is InChI=1S/C18H27FN2O/c1-3-11-21(12-4-2)18(22)15-9-13-20(14-10-15)17-8-6-5-7-16(17)19/h5-8,15H,3-4,9-14H2,1-2H3. The van der Waals surface area contributed by atoms with Gasteiger partial charge in [-0.2, -0.15) is 0 Å². The van der Waals surface area contributed by atoms with Gasteiger partial charge >= 0.3 is 0 Å². The van der Waals surface area contributed by atoms with E-state index >= 15 is 0 Å². The third-order valence-corrected chi connectivity index (χ3v) is 4.34. The van der Waals surface area contributed by atoms with Crippen LogP contribution in [-0.4, -0.2) is 37.0 Å². The summed E-state index contributed by atoms with van der Waals surface area (Å²) in [6, 6.07) is 6.89. The highest BCUT2D eigenvalue weighted by Crippen LogP contribution is 2.26. The van der Waals surface area contributed by atoms with Crippen molar-refractivity contribution < 1.29 is 9.18 Å². The van der Waals surface area contributed by atoms with Gasteiger partial charge in [0.1, 0.15) is 5.82 Å². The number of amides is 1. The van der Waals surface area contributed by atoms with Gasteiger partial charge in [0.2, 0.25) is 5.91 Å². The van der Waals surface area contributed by atoms with Crippen molar-refractivity contribution in [1.82, 2.24) is 4.90 Å². The minimum Gasteiger partial charge on any atom is -0.369 e. The molecule has 1 amide bonds. The number of hydrogen-bond donors (Lipinski definition) is 0. The average molecular weight is 306 g/mol. The number of anilines is 1. The molecular weight excluding hydrogens is 279 g/mol. The summed E-state index contributed by atoms with van der Waals surface area (Å²) in [4.78, 5) is 16.7. The molecule has 3 nitrogen and oxygen atoms in total. The second-order valence-corrected chi connectivity index (χ2v) is 6.04. The zero-order chi connectivity index (χ0) is 15.9. The number of hydrogen-bond acceptors (Lipinski definition) is 2. The SMILES string of the molecule is CCCN(CCC)C(=O)C1CCN(c2ccccc2F)CC1. The van der Waals surface area contributed by atoms with Crippen LogP contribution in [0.15, 0.2) is 24.3 Å². The van der Waals surface area contributed by atoms with E-state index in [1.165, 1.54) is 6.07 Å². The van der Waals surface area contributed by atoms with Gasteiger partial charge in [0.05, 0.1) is 5.69 Å². The van der Waals surface area contributed by atoms with Gasteiger partial charge in [-0.05, 0) is 37.8 Å². The molecule has 0 saturated carbocycles. The largest absolute Gasteiger partial charge is 0.369 e. The summed E-state index contributed by atoms with van der Waals surface area (Å²) in [5.41, 5.74) is 0.660. The van der Waals surface area contributed by atoms with Crippen molar-refractivity contribution in [3.63, 3.8) is 0 Å². The lowest BCUT2D eigenvalue weighted by Crippen LogP contribution is -2.43. The van der Waals surface area contributed by atoms with Crippen LogP contribution in [0.4, 0.5) is 10.1 Å². The molecule has 0 aromatic heterocycles. The maximum atomic E-state index is 13.8. The fraction of sp³-hybridized carbons (Fsp3) is 0.611. The molecule has 0 aliphatic carbocycles. The maximum Gasteiger partial charge on any atom is 0.225 e. The van der Waals surface area contributed by atoms with Crippen molar-refractivity contribution in [1.29, 1.82) is 0 Å². The van der Waals surface area contributed by atoms with Gasteiger partial charge in [0.15, 0.2) is 0 Å². The lowest BCUT2D eigenvalue weighted by Gasteiger charge is -2.35. The van der Waals surface area contributed by atoms with Crippen molar-refractivity contribution in [3.05, 3.63) is 30.1 Å². The number of rotatable bonds is 6. The monoisotopic (exact) mass is 306 g/mol. The third-order valence-electron chi connectivity index (χ3n) is 4.34. The summed E-state index contributed by atoms with van der Waals surface area (Å²) >= 11 is 0. The zero-order valence-electron chi connectivity index (χ0n) is 13.7. The molecule has 1 heterocycles. The molecule has 1 aromatic carbocycles. The average Bonchev–Trinajstić information content (AvgIpc) is 2.55. The highest BCUT2D eigenvalue weighted by atomic mass is 19.1. The Balaban J connectivity index is 1.94. The molecule has 0 unspecified atom stereocenters. The van der Waals surface area contributed by atoms with Crippen LogP contribution in [0.5, 0.6) is 0 Å². The first kappa shape index (κ1) is 16.8. The smallest absolute Gasteiger partial charge is 0.225 e. The topological polar surface area (TPSA) is 23.6 Å². The molecule has 0 bridgehead atoms. The Kier molecular flexibility index (Phi) is 6.22. The molecule has 1 aliphatic heterocycles. The maximum absolute atomic E-state index is 13.8. The molecule has 1 aliphatic rings. The van der Waals surface area contributed by atoms with Crippen LogP contribution in [0.3, 0.4) is 0 Å². The van der Waals surface area contributed by atoms with E-state index in [2.05, 4.69) is 18.7 Å². The molecular formula is C18H27FN2O. The van der Waals surface area contributed by atoms with E-state index in [1.54, 1.807) is 6.07 Å². The second kappa shape index (κ2) is 8.16. The Morgan fingerprint density at radius 3 is 2.32 bits per heavy atom. The van der Waals surface area contributed by atoms with Crippen molar-refractivity contribution >= 4 is 11.6 Å². The fourth-order valence-corrected chi connectivity index (χ4v) is 3.21. The molecule has 4 heteroatoms. The van der Waals surface area contributed by atoms with Gasteiger partial charge in [-0.15, -0.1) is 0 Å². The molecule has 22 heavy (non-hydrogen) atoms. The van der Waals surface area contributed by atoms with Crippen molar-refractivity contribution in [2.45, 2.75) is 39.5 Å². The summed E-state index contributed by atoms with van der Waals surface area (Å²) in [6.07, 6.45) is 3.63. The molecule has 1 saturated heterocycles. The van der Waals surface area contributed by atoms with Gasteiger partial charge in [0.25, 0.3) is 0 Å². The Bertz CT molecular complexity index is 478. The first-order valence-electron chi connectivity index (χ1n) is 8.45. The minimum atomic E-state index is -0.175. The van der Waals surface area contributed by atoms with E-state index in [0.29, 0.717) is 5.69 Å². The van der Waals surface area contributed by atoms with Crippen LogP contribution in [0.1, 0.15) is 39.5 Å². The molecule has 0 radical (unpaired) electrons. The number of halogens is 1. The normalized spacial score (nSPS) is 15.9. The summed E-state index contributed by atoms with van der Waals surface area (Å²) in [6.45, 7) is 7.42. The highest BCUT2D eigenvalue weighted by molar-refractivity contribution is 5.79. The summed E-state index contributed by atoms with van der Waals surface area (Å²) in [5, 5.41) is 0. The summed E-state index contributed by atoms with van der Waals surface area (Å²) in [7, 11) is 0. The predicted octanol–water partition coefficient (Wildman–Crippen LogP) is 3.69. The number of nitrogens with zero attached hydrogens (tertiary/aromatic N) is 2. The third kappa shape index (κ3) is 3.99. The predicted molar refractivity (Wildman–Crippen MR) is 88.5 cm³/mol. The zero-order valence-corrected chi connectivity index (χ0v) is 13.7. The van der Waals surface area contributed by atoms with E-state index < -0.39 is 0 Å². The van der Waals surface area contributed by atoms with Crippen LogP contribution in [0, 0.1) is 11.7 Å². The molecule has 0 N–H and O–H groups in total. The molecule has 0 atom stereocenters. The van der Waals surface area contributed by atoms with Gasteiger partial charge < -0.3 is 9.80 Å². The van der Waals surface area contributed by atoms with E-state index in [-0.39, 0.29) is 17.6 Å². The van der Waals surface area contributed by atoms with E-state index in [4.69, 9.17) is 0 Å². The van der Waals surface area contributed by atoms with Gasteiger partial charge in [-0.3, -0.25) is 4.79 Å². The van der Waals surface area contributed by atoms with E-state index in [1.807, 2.05) is 17.0 Å². The van der Waals surface area contributed by atoms with Crippen molar-refractivity contribution in [2.24, 2.45) is 5.92 Å². The second-order valence-electron chi connectivity index (χ2n) is 6.04. The molecule has 0 spiro atoms. The van der Waals surface area contributed by atoms with Crippen LogP contribution in [0.25, 0.3) is 0 Å². The quantitative estimate of drug-likeness (QED) is 0.800. The van der Waals surface area contributed by atoms with E-state index in [0.717, 1.165) is 51.9 Å². The Morgan fingerprint density at radius 2 is 1.77 bits per heavy atom. The summed E-state index contributed by atoms with van der Waals surface area (Å²) in [5.74, 6) is 0.212. The van der Waals surface area contributed by atoms with Crippen LogP contribution < -0.4 is 4.90 Å². The lowest BCUT2D eigenvalue weighted by molar-refractivity contribution is -0.136. The first-order valence-corrected chi connectivity index (χ1v) is 8.45. The van der Waals surface area contributed by atoms with Crippen LogP contribution >= 0.6 is 0 Å². The molecule has 122 valence electrons. The molecule has 1 aromatic rings. The number of piperidine rings is 1. The summed E-state index contributed by atoms with van der Waals surface area (Å²) < 4.78 is 13.8. The van der Waals surface area contributed by atoms with Crippen LogP contribution in [0.2, 0.25) is 0 Å². The van der Waals surface area contributed by atoms with Gasteiger partial charge in [0, 0.05) is 32.1 Å². The first-order chi connectivity index (χ1) is 10.7. The minimum absolute atomic E-state index is 0.0983. The van der Waals surface area contributed by atoms with Gasteiger partial charge in [-0.25, -0.2) is 4.39 Å². The number of para-hydroxylation sites is 1. The Labute approximate surface area is 133 Å². The molecule has 2 rings (SSSR count). The number of carbonyl (C=O) groups excluding carboxylic acids is 1. The Hall–Kier alpha value is -1.58. The van der Waals surface area contributed by atoms with Crippen LogP contribution in [-0.2, 0) is 4.79 Å². The fourth-order valence-electron chi connectivity index (χ4n) is 3.21. The van der Waals surface area contributed by atoms with Crippen molar-refractivity contribution in [3.8, 4) is 0 Å². The number of benzene rings is 1. The van der Waals surface area contributed by atoms with Gasteiger partial charge in [-0.1, -0.05) is 26.0 Å². The lowest BCUT2D eigenvalue weighted by atomic mass is 9.94. The highest BCUT2D eigenvalue weighted by Gasteiger charge is 2.28. The van der Waals surface area contributed by atoms with E-state index in [9.17, 15) is 9.18 Å². The number of carbonyl (C=O) groups is 1. The Morgan fingerprint density at radius 1 is 1.18 bits per heavy atom.